The number of rotatable bonds is 1. The molecule has 0 aliphatic heterocycles. The Hall–Kier alpha value is -0.440. The quantitative estimate of drug-likeness (QED) is 0.512. The van der Waals surface area contributed by atoms with E-state index >= 15 is 0 Å². The molecule has 0 saturated heterocycles. The van der Waals surface area contributed by atoms with E-state index in [9.17, 15) is 13.2 Å². The van der Waals surface area contributed by atoms with E-state index in [1.165, 1.54) is 0 Å². The third kappa shape index (κ3) is 2.56. The molecule has 0 unspecified atom stereocenters. The number of alkyl halides is 3. The van der Waals surface area contributed by atoms with E-state index in [0.717, 1.165) is 0 Å². The van der Waals surface area contributed by atoms with Gasteiger partial charge in [0.05, 0.1) is 5.57 Å². The van der Waals surface area contributed by atoms with E-state index in [-0.39, 0.29) is 0 Å². The first-order valence-corrected chi connectivity index (χ1v) is 2.34. The van der Waals surface area contributed by atoms with Gasteiger partial charge in [-0.2, -0.15) is 13.2 Å². The summed E-state index contributed by atoms with van der Waals surface area (Å²) in [6.45, 7) is 5.54. The van der Waals surface area contributed by atoms with Gasteiger partial charge in [0.1, 0.15) is 0 Å². The van der Waals surface area contributed by atoms with Crippen LogP contribution >= 0.6 is 11.6 Å². The average Bonchev–Trinajstić information content (AvgIpc) is 1.62. The first kappa shape index (κ1) is 8.56. The molecule has 0 saturated carbocycles. The third-order valence-corrected chi connectivity index (χ3v) is 0.898. The van der Waals surface area contributed by atoms with Crippen molar-refractivity contribution in [3.8, 4) is 0 Å². The highest BCUT2D eigenvalue weighted by Gasteiger charge is 2.32. The zero-order valence-corrected chi connectivity index (χ0v) is 5.18. The Balaban J connectivity index is 4.23. The highest BCUT2D eigenvalue weighted by molar-refractivity contribution is 6.31. The van der Waals surface area contributed by atoms with Gasteiger partial charge in [0.25, 0.3) is 0 Å². The second-order valence-corrected chi connectivity index (χ2v) is 1.84. The maximum Gasteiger partial charge on any atom is 0.417 e. The number of halogens is 4. The van der Waals surface area contributed by atoms with E-state index in [4.69, 9.17) is 11.6 Å². The monoisotopic (exact) mass is 156 g/mol. The molecule has 0 amide bonds. The molecule has 0 rings (SSSR count). The van der Waals surface area contributed by atoms with Crippen molar-refractivity contribution in [1.29, 1.82) is 0 Å². The van der Waals surface area contributed by atoms with E-state index < -0.39 is 16.8 Å². The lowest BCUT2D eigenvalue weighted by Crippen LogP contribution is -2.09. The van der Waals surface area contributed by atoms with Gasteiger partial charge >= 0.3 is 6.18 Å². The van der Waals surface area contributed by atoms with Crippen LogP contribution in [0.2, 0.25) is 0 Å². The van der Waals surface area contributed by atoms with Crippen LogP contribution in [0.1, 0.15) is 0 Å². The van der Waals surface area contributed by atoms with Crippen LogP contribution in [0.25, 0.3) is 0 Å². The minimum absolute atomic E-state index is 0.567. The van der Waals surface area contributed by atoms with Crippen molar-refractivity contribution in [2.24, 2.45) is 0 Å². The number of hydrogen-bond acceptors (Lipinski definition) is 0. The fraction of sp³-hybridized carbons (Fsp3) is 0.200. The van der Waals surface area contributed by atoms with E-state index in [2.05, 4.69) is 13.2 Å². The summed E-state index contributed by atoms with van der Waals surface area (Å²) in [4.78, 5) is 0. The standard InChI is InChI=1S/C5H4ClF3/c1-3(4(2)6)5(7,8)9/h1-2H2. The molecule has 0 nitrogen and oxygen atoms in total. The Morgan fingerprint density at radius 2 is 1.56 bits per heavy atom. The molecule has 9 heavy (non-hydrogen) atoms. The van der Waals surface area contributed by atoms with Crippen molar-refractivity contribution in [2.45, 2.75) is 6.18 Å². The highest BCUT2D eigenvalue weighted by Crippen LogP contribution is 2.30. The Kier molecular flexibility index (Phi) is 2.32. The van der Waals surface area contributed by atoms with Gasteiger partial charge in [0.2, 0.25) is 0 Å². The maximum absolute atomic E-state index is 11.5. The van der Waals surface area contributed by atoms with E-state index in [0.29, 0.717) is 0 Å². The molecule has 0 aromatic carbocycles. The van der Waals surface area contributed by atoms with Crippen molar-refractivity contribution in [3.63, 3.8) is 0 Å². The fourth-order valence-electron chi connectivity index (χ4n) is 0.154. The lowest BCUT2D eigenvalue weighted by molar-refractivity contribution is -0.0882. The van der Waals surface area contributed by atoms with Crippen LogP contribution < -0.4 is 0 Å². The Labute approximate surface area is 55.6 Å². The largest absolute Gasteiger partial charge is 0.417 e. The summed E-state index contributed by atoms with van der Waals surface area (Å²) in [6, 6.07) is 0. The zero-order chi connectivity index (χ0) is 7.65. The Morgan fingerprint density at radius 1 is 1.22 bits per heavy atom. The molecular formula is C5H4ClF3. The van der Waals surface area contributed by atoms with Crippen LogP contribution in [0.15, 0.2) is 23.8 Å². The van der Waals surface area contributed by atoms with Gasteiger partial charge in [-0.1, -0.05) is 24.8 Å². The second-order valence-electron chi connectivity index (χ2n) is 1.38. The van der Waals surface area contributed by atoms with Gasteiger partial charge in [-0.15, -0.1) is 0 Å². The molecule has 0 fully saturated rings. The molecular weight excluding hydrogens is 153 g/mol. The van der Waals surface area contributed by atoms with Gasteiger partial charge in [-0.25, -0.2) is 0 Å². The van der Waals surface area contributed by atoms with Gasteiger partial charge in [0.15, 0.2) is 0 Å². The predicted octanol–water partition coefficient (Wildman–Crippen LogP) is 2.86. The smallest absolute Gasteiger partial charge is 0.166 e. The molecule has 0 bridgehead atoms. The first-order valence-electron chi connectivity index (χ1n) is 1.96. The van der Waals surface area contributed by atoms with Crippen molar-refractivity contribution in [2.75, 3.05) is 0 Å². The fourth-order valence-corrected chi connectivity index (χ4v) is 0.261. The molecule has 0 N–H and O–H groups in total. The van der Waals surface area contributed by atoms with Crippen LogP contribution in [0, 0.1) is 0 Å². The molecule has 0 atom stereocenters. The molecule has 0 radical (unpaired) electrons. The summed E-state index contributed by atoms with van der Waals surface area (Å²) >= 11 is 4.90. The maximum atomic E-state index is 11.5. The first-order chi connectivity index (χ1) is 3.85. The van der Waals surface area contributed by atoms with Crippen LogP contribution in [-0.2, 0) is 0 Å². The summed E-state index contributed by atoms with van der Waals surface area (Å²) in [5.74, 6) is 0. The topological polar surface area (TPSA) is 0 Å². The molecule has 52 valence electrons. The summed E-state index contributed by atoms with van der Waals surface area (Å²) in [5.41, 5.74) is -1.09. The van der Waals surface area contributed by atoms with Crippen LogP contribution in [0.5, 0.6) is 0 Å². The number of hydrogen-bond donors (Lipinski definition) is 0. The molecule has 0 aliphatic carbocycles. The Morgan fingerprint density at radius 3 is 1.56 bits per heavy atom. The lowest BCUT2D eigenvalue weighted by Gasteiger charge is -2.06. The minimum atomic E-state index is -4.45. The van der Waals surface area contributed by atoms with Crippen molar-refractivity contribution in [3.05, 3.63) is 23.8 Å². The van der Waals surface area contributed by atoms with Gasteiger partial charge in [0, 0.05) is 5.03 Å². The summed E-state index contributed by atoms with van der Waals surface area (Å²) in [5, 5.41) is -0.567. The summed E-state index contributed by atoms with van der Waals surface area (Å²) < 4.78 is 34.4. The third-order valence-electron chi connectivity index (χ3n) is 0.670. The number of allylic oxidation sites excluding steroid dienone is 2. The van der Waals surface area contributed by atoms with Crippen LogP contribution in [0.4, 0.5) is 13.2 Å². The second kappa shape index (κ2) is 2.43. The lowest BCUT2D eigenvalue weighted by atomic mass is 10.3. The zero-order valence-electron chi connectivity index (χ0n) is 4.43. The van der Waals surface area contributed by atoms with Crippen LogP contribution in [-0.4, -0.2) is 6.18 Å². The van der Waals surface area contributed by atoms with Gasteiger partial charge in [-0.05, 0) is 0 Å². The predicted molar refractivity (Wildman–Crippen MR) is 30.2 cm³/mol. The van der Waals surface area contributed by atoms with E-state index in [1.807, 2.05) is 0 Å². The molecule has 4 heteroatoms. The summed E-state index contributed by atoms with van der Waals surface area (Å²) in [7, 11) is 0. The minimum Gasteiger partial charge on any atom is -0.166 e. The molecule has 0 spiro atoms. The Bertz CT molecular complexity index is 145. The van der Waals surface area contributed by atoms with Crippen molar-refractivity contribution >= 4 is 11.6 Å². The molecule has 0 heterocycles. The van der Waals surface area contributed by atoms with Gasteiger partial charge < -0.3 is 0 Å². The molecule has 0 aromatic rings. The van der Waals surface area contributed by atoms with Crippen molar-refractivity contribution in [1.82, 2.24) is 0 Å². The summed E-state index contributed by atoms with van der Waals surface area (Å²) in [6.07, 6.45) is -4.45. The van der Waals surface area contributed by atoms with E-state index in [1.54, 1.807) is 0 Å². The van der Waals surface area contributed by atoms with Crippen LogP contribution in [0.3, 0.4) is 0 Å². The van der Waals surface area contributed by atoms with Gasteiger partial charge in [-0.3, -0.25) is 0 Å². The normalized spacial score (nSPS) is 11.1. The highest BCUT2D eigenvalue weighted by atomic mass is 35.5. The average molecular weight is 157 g/mol. The molecule has 0 aliphatic rings. The van der Waals surface area contributed by atoms with Crippen molar-refractivity contribution < 1.29 is 13.2 Å². The molecule has 0 aromatic heterocycles. The SMILES string of the molecule is C=C(Cl)C(=C)C(F)(F)F.